The van der Waals surface area contributed by atoms with E-state index in [1.165, 1.54) is 0 Å². The summed E-state index contributed by atoms with van der Waals surface area (Å²) in [5.41, 5.74) is -0.844. The van der Waals surface area contributed by atoms with Gasteiger partial charge in [0.2, 0.25) is 8.32 Å². The molecule has 0 aliphatic carbocycles. The number of rotatable bonds is 2. The summed E-state index contributed by atoms with van der Waals surface area (Å²) < 4.78 is 43.9. The Morgan fingerprint density at radius 1 is 1.12 bits per heavy atom. The second-order valence-electron chi connectivity index (χ2n) is 4.25. The zero-order chi connectivity index (χ0) is 12.5. The summed E-state index contributed by atoms with van der Waals surface area (Å²) in [5, 5.41) is 0. The predicted octanol–water partition coefficient (Wildman–Crippen LogP) is 3.10. The summed E-state index contributed by atoms with van der Waals surface area (Å²) >= 11 is 0. The van der Waals surface area contributed by atoms with E-state index in [-0.39, 0.29) is 0 Å². The summed E-state index contributed by atoms with van der Waals surface area (Å²) in [6.07, 6.45) is 0. The lowest BCUT2D eigenvalue weighted by molar-refractivity contribution is 0.0714. The van der Waals surface area contributed by atoms with E-state index in [0.717, 1.165) is 0 Å². The van der Waals surface area contributed by atoms with Gasteiger partial charge in [0, 0.05) is 12.1 Å². The van der Waals surface area contributed by atoms with Crippen molar-refractivity contribution in [1.29, 1.82) is 0 Å². The van der Waals surface area contributed by atoms with Gasteiger partial charge in [0.15, 0.2) is 0 Å². The molecule has 0 amide bonds. The molecule has 0 N–H and O–H groups in total. The molecule has 0 fully saturated rings. The molecule has 0 aromatic heterocycles. The molecule has 0 radical (unpaired) electrons. The number of hydrogen-bond acceptors (Lipinski definition) is 2. The molecule has 0 aliphatic heterocycles. The summed E-state index contributed by atoms with van der Waals surface area (Å²) in [4.78, 5) is 11.4. The fourth-order valence-electron chi connectivity index (χ4n) is 1.07. The van der Waals surface area contributed by atoms with Gasteiger partial charge in [-0.1, -0.05) is 0 Å². The van der Waals surface area contributed by atoms with Crippen LogP contribution in [0, 0.1) is 17.5 Å². The number of halogens is 3. The molecule has 1 rings (SSSR count). The molecule has 0 saturated carbocycles. The first kappa shape index (κ1) is 12.8. The fourth-order valence-corrected chi connectivity index (χ4v) is 1.72. The molecule has 16 heavy (non-hydrogen) atoms. The highest BCUT2D eigenvalue weighted by atomic mass is 28.4. The van der Waals surface area contributed by atoms with Crippen LogP contribution in [-0.4, -0.2) is 14.3 Å². The first-order valence-electron chi connectivity index (χ1n) is 4.58. The van der Waals surface area contributed by atoms with Crippen LogP contribution in [-0.2, 0) is 4.43 Å². The Hall–Kier alpha value is -1.30. The van der Waals surface area contributed by atoms with Gasteiger partial charge in [0.05, 0.1) is 0 Å². The Labute approximate surface area is 92.2 Å². The van der Waals surface area contributed by atoms with Gasteiger partial charge in [-0.2, -0.15) is 0 Å². The average molecular weight is 248 g/mol. The van der Waals surface area contributed by atoms with Crippen LogP contribution in [0.5, 0.6) is 0 Å². The van der Waals surface area contributed by atoms with E-state index in [1.807, 2.05) is 0 Å². The van der Waals surface area contributed by atoms with Gasteiger partial charge in [-0.25, -0.2) is 18.0 Å². The van der Waals surface area contributed by atoms with Crippen molar-refractivity contribution in [2.24, 2.45) is 0 Å². The van der Waals surface area contributed by atoms with E-state index in [1.54, 1.807) is 19.6 Å². The zero-order valence-electron chi connectivity index (χ0n) is 9.11. The normalized spacial score (nSPS) is 11.4. The first-order valence-corrected chi connectivity index (χ1v) is 7.99. The molecule has 2 nitrogen and oxygen atoms in total. The molecule has 0 spiro atoms. The Bertz CT molecular complexity index is 404. The summed E-state index contributed by atoms with van der Waals surface area (Å²) in [6, 6.07) is 0.897. The van der Waals surface area contributed by atoms with Crippen molar-refractivity contribution < 1.29 is 22.4 Å². The van der Waals surface area contributed by atoms with Crippen molar-refractivity contribution in [3.63, 3.8) is 0 Å². The first-order chi connectivity index (χ1) is 7.20. The molecule has 88 valence electrons. The van der Waals surface area contributed by atoms with E-state index in [0.29, 0.717) is 12.1 Å². The fraction of sp³-hybridized carbons (Fsp3) is 0.300. The largest absolute Gasteiger partial charge is 0.516 e. The topological polar surface area (TPSA) is 26.3 Å². The van der Waals surface area contributed by atoms with Crippen LogP contribution in [0.2, 0.25) is 19.6 Å². The third kappa shape index (κ3) is 3.09. The minimum absolute atomic E-state index is 0.448. The van der Waals surface area contributed by atoms with E-state index >= 15 is 0 Å². The lowest BCUT2D eigenvalue weighted by Gasteiger charge is -2.17. The molecule has 1 aromatic carbocycles. The van der Waals surface area contributed by atoms with Crippen LogP contribution in [0.25, 0.3) is 0 Å². The van der Waals surface area contributed by atoms with Gasteiger partial charge in [-0.3, -0.25) is 0 Å². The van der Waals surface area contributed by atoms with Gasteiger partial charge >= 0.3 is 5.97 Å². The van der Waals surface area contributed by atoms with Crippen LogP contribution in [0.1, 0.15) is 10.4 Å². The quantitative estimate of drug-likeness (QED) is 0.752. The molecule has 0 bridgehead atoms. The number of carbonyl (C=O) groups is 1. The standard InChI is InChI=1S/C10H11F3O2Si/c1-16(2,3)15-10(14)9-7(12)4-6(11)5-8(9)13/h4-5H,1-3H3. The van der Waals surface area contributed by atoms with Crippen LogP contribution >= 0.6 is 0 Å². The SMILES string of the molecule is C[Si](C)(C)OC(=O)c1c(F)cc(F)cc1F. The summed E-state index contributed by atoms with van der Waals surface area (Å²) in [7, 11) is -2.24. The van der Waals surface area contributed by atoms with Gasteiger partial charge in [-0.05, 0) is 19.6 Å². The van der Waals surface area contributed by atoms with E-state index < -0.39 is 37.3 Å². The van der Waals surface area contributed by atoms with Crippen molar-refractivity contribution >= 4 is 14.3 Å². The van der Waals surface area contributed by atoms with Gasteiger partial charge in [-0.15, -0.1) is 0 Å². The second-order valence-corrected chi connectivity index (χ2v) is 8.68. The van der Waals surface area contributed by atoms with Crippen molar-refractivity contribution in [1.82, 2.24) is 0 Å². The Kier molecular flexibility index (Phi) is 3.42. The van der Waals surface area contributed by atoms with Gasteiger partial charge in [0.1, 0.15) is 23.0 Å². The Balaban J connectivity index is 3.10. The molecular formula is C10H11F3O2Si. The molecule has 0 aliphatic rings. The molecular weight excluding hydrogens is 237 g/mol. The predicted molar refractivity (Wildman–Crippen MR) is 55.1 cm³/mol. The number of benzene rings is 1. The van der Waals surface area contributed by atoms with Gasteiger partial charge < -0.3 is 4.43 Å². The molecule has 0 atom stereocenters. The highest BCUT2D eigenvalue weighted by Gasteiger charge is 2.26. The van der Waals surface area contributed by atoms with E-state index in [2.05, 4.69) is 0 Å². The maximum Gasteiger partial charge on any atom is 0.330 e. The smallest absolute Gasteiger partial charge is 0.330 e. The maximum absolute atomic E-state index is 13.2. The van der Waals surface area contributed by atoms with Crippen LogP contribution in [0.4, 0.5) is 13.2 Å². The molecule has 0 saturated heterocycles. The number of carbonyl (C=O) groups excluding carboxylic acids is 1. The lowest BCUT2D eigenvalue weighted by Crippen LogP contribution is -2.30. The van der Waals surface area contributed by atoms with E-state index in [9.17, 15) is 18.0 Å². The highest BCUT2D eigenvalue weighted by Crippen LogP contribution is 2.17. The van der Waals surface area contributed by atoms with Crippen molar-refractivity contribution in [3.8, 4) is 0 Å². The van der Waals surface area contributed by atoms with E-state index in [4.69, 9.17) is 4.43 Å². The second kappa shape index (κ2) is 4.29. The van der Waals surface area contributed by atoms with Crippen LogP contribution < -0.4 is 0 Å². The monoisotopic (exact) mass is 248 g/mol. The minimum Gasteiger partial charge on any atom is -0.516 e. The Morgan fingerprint density at radius 2 is 1.56 bits per heavy atom. The van der Waals surface area contributed by atoms with Crippen molar-refractivity contribution in [2.75, 3.05) is 0 Å². The summed E-state index contributed by atoms with van der Waals surface area (Å²) in [6.45, 7) is 5.10. The summed E-state index contributed by atoms with van der Waals surface area (Å²) in [5.74, 6) is -4.66. The zero-order valence-corrected chi connectivity index (χ0v) is 10.1. The average Bonchev–Trinajstić information content (AvgIpc) is 1.96. The van der Waals surface area contributed by atoms with Crippen molar-refractivity contribution in [2.45, 2.75) is 19.6 Å². The third-order valence-electron chi connectivity index (χ3n) is 1.61. The molecule has 0 heterocycles. The highest BCUT2D eigenvalue weighted by molar-refractivity contribution is 6.71. The minimum atomic E-state index is -2.24. The molecule has 1 aromatic rings. The molecule has 6 heteroatoms. The van der Waals surface area contributed by atoms with Gasteiger partial charge in [0.25, 0.3) is 0 Å². The third-order valence-corrected chi connectivity index (χ3v) is 2.41. The number of hydrogen-bond donors (Lipinski definition) is 0. The molecule has 0 unspecified atom stereocenters. The van der Waals surface area contributed by atoms with Crippen molar-refractivity contribution in [3.05, 3.63) is 35.1 Å². The lowest BCUT2D eigenvalue weighted by atomic mass is 10.2. The Morgan fingerprint density at radius 3 is 1.94 bits per heavy atom. The van der Waals surface area contributed by atoms with Crippen LogP contribution in [0.15, 0.2) is 12.1 Å². The maximum atomic E-state index is 13.2. The van der Waals surface area contributed by atoms with Crippen LogP contribution in [0.3, 0.4) is 0 Å².